The van der Waals surface area contributed by atoms with Crippen LogP contribution in [0.2, 0.25) is 5.02 Å². The van der Waals surface area contributed by atoms with Gasteiger partial charge in [0.1, 0.15) is 11.5 Å². The molecule has 8 heteroatoms. The van der Waals surface area contributed by atoms with Gasteiger partial charge in [0.05, 0.1) is 22.0 Å². The normalized spacial score (nSPS) is 22.4. The molecule has 0 radical (unpaired) electrons. The first kappa shape index (κ1) is 21.8. The van der Waals surface area contributed by atoms with Crippen molar-refractivity contribution in [3.63, 3.8) is 0 Å². The van der Waals surface area contributed by atoms with E-state index in [9.17, 15) is 13.2 Å². The monoisotopic (exact) mass is 438 g/mol. The minimum Gasteiger partial charge on any atom is -0.441 e. The molecule has 2 aromatic rings. The molecule has 3 atom stereocenters. The van der Waals surface area contributed by atoms with Gasteiger partial charge in [-0.3, -0.25) is 4.79 Å². The van der Waals surface area contributed by atoms with Gasteiger partial charge in [-0.05, 0) is 37.3 Å². The average molecular weight is 439 g/mol. The quantitative estimate of drug-likeness (QED) is 0.731. The van der Waals surface area contributed by atoms with E-state index in [-0.39, 0.29) is 17.7 Å². The van der Waals surface area contributed by atoms with Crippen molar-refractivity contribution in [2.45, 2.75) is 51.8 Å². The van der Waals surface area contributed by atoms with Crippen molar-refractivity contribution in [2.75, 3.05) is 5.75 Å². The van der Waals surface area contributed by atoms with Crippen LogP contribution in [0.4, 0.5) is 0 Å². The second kappa shape index (κ2) is 8.88. The third-order valence-electron chi connectivity index (χ3n) is 5.76. The van der Waals surface area contributed by atoms with Crippen molar-refractivity contribution in [1.29, 1.82) is 0 Å². The van der Waals surface area contributed by atoms with Gasteiger partial charge in [-0.25, -0.2) is 13.4 Å². The Balaban J connectivity index is 1.67. The summed E-state index contributed by atoms with van der Waals surface area (Å²) < 4.78 is 30.8. The molecule has 0 saturated heterocycles. The predicted molar refractivity (Wildman–Crippen MR) is 113 cm³/mol. The number of carbonyl (C=O) groups excluding carboxylic acids is 1. The summed E-state index contributed by atoms with van der Waals surface area (Å²) >= 11 is 6.17. The van der Waals surface area contributed by atoms with Crippen LogP contribution in [0.1, 0.15) is 44.6 Å². The predicted octanol–water partition coefficient (Wildman–Crippen LogP) is 4.16. The fourth-order valence-corrected chi connectivity index (χ4v) is 5.29. The van der Waals surface area contributed by atoms with Gasteiger partial charge in [0.2, 0.25) is 11.8 Å². The highest BCUT2D eigenvalue weighted by atomic mass is 35.5. The molecular formula is C21H27ClN2O4S. The molecular weight excluding hydrogens is 412 g/mol. The number of hydrogen-bond donors (Lipinski definition) is 1. The number of hydrogen-bond acceptors (Lipinski definition) is 5. The summed E-state index contributed by atoms with van der Waals surface area (Å²) in [7, 11) is -3.68. The molecule has 1 heterocycles. The van der Waals surface area contributed by atoms with E-state index in [1.165, 1.54) is 0 Å². The minimum absolute atomic E-state index is 0.0297. The summed E-state index contributed by atoms with van der Waals surface area (Å²) in [4.78, 5) is 16.7. The number of rotatable bonds is 6. The Hall–Kier alpha value is -1.86. The van der Waals surface area contributed by atoms with Gasteiger partial charge >= 0.3 is 0 Å². The van der Waals surface area contributed by atoms with E-state index < -0.39 is 21.5 Å². The second-order valence-electron chi connectivity index (χ2n) is 7.98. The van der Waals surface area contributed by atoms with Crippen molar-refractivity contribution in [2.24, 2.45) is 11.8 Å². The zero-order chi connectivity index (χ0) is 21.2. The lowest BCUT2D eigenvalue weighted by molar-refractivity contribution is -0.120. The van der Waals surface area contributed by atoms with E-state index in [0.29, 0.717) is 33.9 Å². The van der Waals surface area contributed by atoms with E-state index in [1.807, 2.05) is 0 Å². The maximum Gasteiger partial charge on any atom is 0.235 e. The number of benzene rings is 1. The van der Waals surface area contributed by atoms with Crippen LogP contribution in [-0.2, 0) is 20.4 Å². The maximum absolute atomic E-state index is 12.6. The fourth-order valence-electron chi connectivity index (χ4n) is 3.81. The maximum atomic E-state index is 12.6. The molecule has 0 aliphatic heterocycles. The number of sulfone groups is 1. The van der Waals surface area contributed by atoms with E-state index in [2.05, 4.69) is 24.1 Å². The molecule has 158 valence electrons. The first-order valence-corrected chi connectivity index (χ1v) is 12.1. The summed E-state index contributed by atoms with van der Waals surface area (Å²) in [5, 5.41) is 3.39. The molecule has 1 saturated carbocycles. The number of nitrogens with zero attached hydrogens (tertiary/aromatic N) is 1. The van der Waals surface area contributed by atoms with Crippen LogP contribution in [0.5, 0.6) is 0 Å². The molecule has 3 rings (SSSR count). The highest BCUT2D eigenvalue weighted by Gasteiger charge is 2.30. The van der Waals surface area contributed by atoms with Crippen LogP contribution in [0.3, 0.4) is 0 Å². The standard InChI is InChI=1S/C21H27ClN2O4S/c1-13-7-6-10-18(14(13)2)23-20(25)12-29(26,27)11-19-15(3)28-21(24-19)16-8-4-5-9-17(16)22/h4-5,8-9,13-14,18H,6-7,10-12H2,1-3H3,(H,23,25)/t13-,14+,18+/m0/s1. The summed E-state index contributed by atoms with van der Waals surface area (Å²) in [5.41, 5.74) is 0.895. The van der Waals surface area contributed by atoms with Gasteiger partial charge in [0.25, 0.3) is 0 Å². The summed E-state index contributed by atoms with van der Waals surface area (Å²) in [6.07, 6.45) is 3.08. The van der Waals surface area contributed by atoms with Gasteiger partial charge < -0.3 is 9.73 Å². The largest absolute Gasteiger partial charge is 0.441 e. The lowest BCUT2D eigenvalue weighted by Gasteiger charge is -2.34. The number of amides is 1. The third kappa shape index (κ3) is 5.39. The number of nitrogens with one attached hydrogen (secondary N) is 1. The van der Waals surface area contributed by atoms with Crippen molar-refractivity contribution in [3.8, 4) is 11.5 Å². The number of carbonyl (C=O) groups is 1. The second-order valence-corrected chi connectivity index (χ2v) is 10.4. The van der Waals surface area contributed by atoms with Crippen LogP contribution in [0, 0.1) is 18.8 Å². The Labute approximate surface area is 177 Å². The van der Waals surface area contributed by atoms with E-state index in [4.69, 9.17) is 16.0 Å². The van der Waals surface area contributed by atoms with Gasteiger partial charge in [-0.15, -0.1) is 0 Å². The lowest BCUT2D eigenvalue weighted by Crippen LogP contribution is -2.45. The first-order chi connectivity index (χ1) is 13.7. The molecule has 6 nitrogen and oxygen atoms in total. The van der Waals surface area contributed by atoms with E-state index in [1.54, 1.807) is 31.2 Å². The number of oxazole rings is 1. The van der Waals surface area contributed by atoms with Crippen LogP contribution in [0.25, 0.3) is 11.5 Å². The Morgan fingerprint density at radius 2 is 2.00 bits per heavy atom. The van der Waals surface area contributed by atoms with E-state index >= 15 is 0 Å². The Kier molecular flexibility index (Phi) is 6.69. The first-order valence-electron chi connectivity index (χ1n) is 9.87. The molecule has 1 aromatic heterocycles. The van der Waals surface area contributed by atoms with Gasteiger partial charge in [-0.2, -0.15) is 0 Å². The van der Waals surface area contributed by atoms with Crippen molar-refractivity contribution < 1.29 is 17.6 Å². The van der Waals surface area contributed by atoms with Crippen LogP contribution < -0.4 is 5.32 Å². The summed E-state index contributed by atoms with van der Waals surface area (Å²) in [6, 6.07) is 7.09. The van der Waals surface area contributed by atoms with Crippen molar-refractivity contribution in [1.82, 2.24) is 10.3 Å². The molecule has 1 aliphatic carbocycles. The fraction of sp³-hybridized carbons (Fsp3) is 0.524. The molecule has 29 heavy (non-hydrogen) atoms. The van der Waals surface area contributed by atoms with Crippen molar-refractivity contribution in [3.05, 3.63) is 40.7 Å². The Bertz CT molecular complexity index is 986. The molecule has 1 aromatic carbocycles. The lowest BCUT2D eigenvalue weighted by atomic mass is 9.78. The topological polar surface area (TPSA) is 89.3 Å². The van der Waals surface area contributed by atoms with Gasteiger partial charge in [-0.1, -0.05) is 50.4 Å². The summed E-state index contributed by atoms with van der Waals surface area (Å²) in [6.45, 7) is 5.94. The SMILES string of the molecule is Cc1oc(-c2ccccc2Cl)nc1CS(=O)(=O)CC(=O)N[C@@H]1CCC[C@H](C)[C@H]1C. The molecule has 1 N–H and O–H groups in total. The molecule has 1 amide bonds. The Morgan fingerprint density at radius 1 is 1.28 bits per heavy atom. The highest BCUT2D eigenvalue weighted by molar-refractivity contribution is 7.91. The van der Waals surface area contributed by atoms with Gasteiger partial charge in [0.15, 0.2) is 9.84 Å². The number of aromatic nitrogens is 1. The number of aryl methyl sites for hydroxylation is 1. The smallest absolute Gasteiger partial charge is 0.235 e. The zero-order valence-electron chi connectivity index (χ0n) is 16.9. The molecule has 0 unspecified atom stereocenters. The molecule has 0 spiro atoms. The van der Waals surface area contributed by atoms with E-state index in [0.717, 1.165) is 19.3 Å². The third-order valence-corrected chi connectivity index (χ3v) is 7.50. The summed E-state index contributed by atoms with van der Waals surface area (Å²) in [5.74, 6) is 0.169. The Morgan fingerprint density at radius 3 is 2.72 bits per heavy atom. The van der Waals surface area contributed by atoms with Crippen LogP contribution in [0.15, 0.2) is 28.7 Å². The van der Waals surface area contributed by atoms with Crippen LogP contribution in [-0.4, -0.2) is 31.1 Å². The average Bonchev–Trinajstić information content (AvgIpc) is 2.98. The zero-order valence-corrected chi connectivity index (χ0v) is 18.5. The number of halogens is 1. The highest BCUT2D eigenvalue weighted by Crippen LogP contribution is 2.30. The minimum atomic E-state index is -3.68. The molecule has 1 aliphatic rings. The van der Waals surface area contributed by atoms with Gasteiger partial charge in [0, 0.05) is 6.04 Å². The van der Waals surface area contributed by atoms with Crippen LogP contribution >= 0.6 is 11.6 Å². The van der Waals surface area contributed by atoms with Crippen molar-refractivity contribution >= 4 is 27.3 Å². The molecule has 0 bridgehead atoms. The molecule has 1 fully saturated rings.